The Bertz CT molecular complexity index is 563. The molecule has 0 aromatic heterocycles. The van der Waals surface area contributed by atoms with Crippen LogP contribution in [0.25, 0.3) is 0 Å². The average Bonchev–Trinajstić information content (AvgIpc) is 2.14. The first-order valence-corrected chi connectivity index (χ1v) is 7.31. The fourth-order valence-electron chi connectivity index (χ4n) is 1.21. The van der Waals surface area contributed by atoms with Gasteiger partial charge in [-0.2, -0.15) is 0 Å². The highest BCUT2D eigenvalue weighted by Gasteiger charge is 2.26. The molecule has 4 nitrogen and oxygen atoms in total. The molecule has 0 saturated carbocycles. The van der Waals surface area contributed by atoms with Gasteiger partial charge in [0, 0.05) is 5.56 Å². The molecule has 0 bridgehead atoms. The summed E-state index contributed by atoms with van der Waals surface area (Å²) in [5, 5.41) is 5.00. The molecule has 0 aliphatic carbocycles. The van der Waals surface area contributed by atoms with Crippen molar-refractivity contribution < 1.29 is 13.2 Å². The van der Waals surface area contributed by atoms with E-state index in [4.69, 9.17) is 16.7 Å². The van der Waals surface area contributed by atoms with Crippen molar-refractivity contribution in [1.82, 2.24) is 0 Å². The quantitative estimate of drug-likeness (QED) is 0.677. The highest BCUT2D eigenvalue weighted by atomic mass is 79.9. The topological polar surface area (TPSA) is 77.2 Å². The van der Waals surface area contributed by atoms with E-state index in [1.54, 1.807) is 13.8 Å². The molecular weight excluding hydrogens is 330 g/mol. The van der Waals surface area contributed by atoms with Gasteiger partial charge in [-0.3, -0.25) is 4.79 Å². The fourth-order valence-corrected chi connectivity index (χ4v) is 2.51. The van der Waals surface area contributed by atoms with Crippen molar-refractivity contribution in [2.24, 2.45) is 5.14 Å². The molecule has 1 aromatic carbocycles. The van der Waals surface area contributed by atoms with Crippen LogP contribution < -0.4 is 5.14 Å². The van der Waals surface area contributed by atoms with Gasteiger partial charge in [0.1, 0.15) is 4.90 Å². The lowest BCUT2D eigenvalue weighted by Gasteiger charge is -2.15. The molecule has 1 rings (SSSR count). The van der Waals surface area contributed by atoms with Crippen LogP contribution in [0.2, 0.25) is 5.02 Å². The van der Waals surface area contributed by atoms with E-state index in [1.165, 1.54) is 18.2 Å². The predicted molar refractivity (Wildman–Crippen MR) is 70.2 cm³/mol. The normalized spacial score (nSPS) is 12.5. The van der Waals surface area contributed by atoms with Crippen LogP contribution in [0.1, 0.15) is 24.2 Å². The van der Waals surface area contributed by atoms with Gasteiger partial charge in [0.25, 0.3) is 0 Å². The Balaban J connectivity index is 3.38. The van der Waals surface area contributed by atoms with E-state index in [9.17, 15) is 13.2 Å². The molecule has 0 aliphatic rings. The number of carbonyl (C=O) groups is 1. The minimum Gasteiger partial charge on any atom is -0.293 e. The zero-order valence-corrected chi connectivity index (χ0v) is 12.4. The number of rotatable bonds is 3. The lowest BCUT2D eigenvalue weighted by atomic mass is 10.0. The van der Waals surface area contributed by atoms with Crippen molar-refractivity contribution in [3.8, 4) is 0 Å². The maximum atomic E-state index is 11.9. The molecular formula is C10H11BrClNO3S. The van der Waals surface area contributed by atoms with Crippen LogP contribution >= 0.6 is 27.5 Å². The van der Waals surface area contributed by atoms with E-state index in [1.807, 2.05) is 0 Å². The molecule has 0 amide bonds. The third kappa shape index (κ3) is 3.51. The van der Waals surface area contributed by atoms with Crippen LogP contribution in [0.15, 0.2) is 23.1 Å². The maximum Gasteiger partial charge on any atom is 0.239 e. The van der Waals surface area contributed by atoms with Crippen LogP contribution in [-0.4, -0.2) is 18.5 Å². The highest BCUT2D eigenvalue weighted by molar-refractivity contribution is 9.10. The summed E-state index contributed by atoms with van der Waals surface area (Å²) in [5.74, 6) is -0.251. The van der Waals surface area contributed by atoms with Gasteiger partial charge in [-0.25, -0.2) is 13.6 Å². The van der Waals surface area contributed by atoms with E-state index >= 15 is 0 Å². The third-order valence-corrected chi connectivity index (χ3v) is 3.79. The Morgan fingerprint density at radius 3 is 2.35 bits per heavy atom. The van der Waals surface area contributed by atoms with Gasteiger partial charge in [0.05, 0.1) is 9.35 Å². The van der Waals surface area contributed by atoms with Gasteiger partial charge >= 0.3 is 0 Å². The summed E-state index contributed by atoms with van der Waals surface area (Å²) in [5.41, 5.74) is 0.236. The molecule has 0 saturated heterocycles. The number of nitrogens with two attached hydrogens (primary N) is 1. The number of ketones is 1. The summed E-state index contributed by atoms with van der Waals surface area (Å²) in [6, 6.07) is 3.98. The smallest absolute Gasteiger partial charge is 0.239 e. The second kappa shape index (κ2) is 4.68. The molecule has 0 heterocycles. The van der Waals surface area contributed by atoms with Gasteiger partial charge in [-0.1, -0.05) is 27.5 Å². The van der Waals surface area contributed by atoms with Crippen molar-refractivity contribution in [3.05, 3.63) is 28.8 Å². The van der Waals surface area contributed by atoms with Crippen molar-refractivity contribution in [1.29, 1.82) is 0 Å². The second-order valence-corrected chi connectivity index (χ2v) is 7.91. The van der Waals surface area contributed by atoms with Gasteiger partial charge in [-0.15, -0.1) is 0 Å². The number of hydrogen-bond acceptors (Lipinski definition) is 3. The van der Waals surface area contributed by atoms with Crippen LogP contribution in [0, 0.1) is 0 Å². The monoisotopic (exact) mass is 339 g/mol. The summed E-state index contributed by atoms with van der Waals surface area (Å²) in [7, 11) is -3.93. The number of primary sulfonamides is 1. The zero-order valence-electron chi connectivity index (χ0n) is 9.20. The molecule has 94 valence electrons. The molecule has 0 aliphatic heterocycles. The first kappa shape index (κ1) is 14.6. The number of sulfonamides is 1. The average molecular weight is 341 g/mol. The number of Topliss-reactive ketones (excluding diaryl/α,β-unsaturated/α-hetero) is 1. The SMILES string of the molecule is CC(C)(Br)C(=O)c1ccc(Cl)c(S(N)(=O)=O)c1. The van der Waals surface area contributed by atoms with E-state index in [0.29, 0.717) is 0 Å². The Labute approximate surface area is 113 Å². The van der Waals surface area contributed by atoms with E-state index < -0.39 is 14.3 Å². The highest BCUT2D eigenvalue weighted by Crippen LogP contribution is 2.26. The van der Waals surface area contributed by atoms with E-state index in [-0.39, 0.29) is 21.3 Å². The number of halogens is 2. The van der Waals surface area contributed by atoms with Crippen LogP contribution in [0.4, 0.5) is 0 Å². The van der Waals surface area contributed by atoms with Crippen molar-refractivity contribution in [2.45, 2.75) is 23.1 Å². The molecule has 0 spiro atoms. The standard InChI is InChI=1S/C10H11BrClNO3S/c1-10(2,11)9(14)6-3-4-7(12)8(5-6)17(13,15)16/h3-5H,1-2H3,(H2,13,15,16). The van der Waals surface area contributed by atoms with Crippen molar-refractivity contribution >= 4 is 43.3 Å². The maximum absolute atomic E-state index is 11.9. The summed E-state index contributed by atoms with van der Waals surface area (Å²) in [6.07, 6.45) is 0. The molecule has 1 aromatic rings. The Kier molecular flexibility index (Phi) is 4.03. The third-order valence-electron chi connectivity index (χ3n) is 2.04. The summed E-state index contributed by atoms with van der Waals surface area (Å²) >= 11 is 8.93. The van der Waals surface area contributed by atoms with Gasteiger partial charge in [0.15, 0.2) is 5.78 Å². The lowest BCUT2D eigenvalue weighted by molar-refractivity contribution is 0.0961. The van der Waals surface area contributed by atoms with Crippen molar-refractivity contribution in [2.75, 3.05) is 0 Å². The van der Waals surface area contributed by atoms with Gasteiger partial charge < -0.3 is 0 Å². The predicted octanol–water partition coefficient (Wildman–Crippen LogP) is 2.34. The van der Waals surface area contributed by atoms with E-state index in [2.05, 4.69) is 15.9 Å². The second-order valence-electron chi connectivity index (χ2n) is 3.99. The van der Waals surface area contributed by atoms with Gasteiger partial charge in [0.2, 0.25) is 10.0 Å². The minimum atomic E-state index is -3.93. The molecule has 2 N–H and O–H groups in total. The minimum absolute atomic E-state index is 0.00331. The van der Waals surface area contributed by atoms with Gasteiger partial charge in [-0.05, 0) is 32.0 Å². The van der Waals surface area contributed by atoms with Crippen LogP contribution in [0.3, 0.4) is 0 Å². The molecule has 7 heteroatoms. The Morgan fingerprint density at radius 1 is 1.41 bits per heavy atom. The molecule has 0 unspecified atom stereocenters. The molecule has 0 atom stereocenters. The van der Waals surface area contributed by atoms with Crippen LogP contribution in [0.5, 0.6) is 0 Å². The molecule has 0 radical (unpaired) electrons. The Morgan fingerprint density at radius 2 is 1.94 bits per heavy atom. The first-order valence-electron chi connectivity index (χ1n) is 4.59. The van der Waals surface area contributed by atoms with Crippen LogP contribution in [-0.2, 0) is 10.0 Å². The fraction of sp³-hybridized carbons (Fsp3) is 0.300. The summed E-state index contributed by atoms with van der Waals surface area (Å²) in [6.45, 7) is 3.33. The number of carbonyl (C=O) groups excluding carboxylic acids is 1. The first-order chi connectivity index (χ1) is 7.53. The zero-order chi connectivity index (χ0) is 13.4. The largest absolute Gasteiger partial charge is 0.293 e. The van der Waals surface area contributed by atoms with Crippen molar-refractivity contribution in [3.63, 3.8) is 0 Å². The number of hydrogen-bond donors (Lipinski definition) is 1. The molecule has 0 fully saturated rings. The Hall–Kier alpha value is -0.430. The van der Waals surface area contributed by atoms with E-state index in [0.717, 1.165) is 0 Å². The number of alkyl halides is 1. The molecule has 17 heavy (non-hydrogen) atoms. The number of benzene rings is 1. The summed E-state index contributed by atoms with van der Waals surface area (Å²) in [4.78, 5) is 11.7. The lowest BCUT2D eigenvalue weighted by Crippen LogP contribution is -2.24. The summed E-state index contributed by atoms with van der Waals surface area (Å²) < 4.78 is 21.7.